The Hall–Kier alpha value is -4.21. The van der Waals surface area contributed by atoms with Gasteiger partial charge in [-0.1, -0.05) is 11.6 Å². The van der Waals surface area contributed by atoms with E-state index in [2.05, 4.69) is 0 Å². The molecule has 3 aromatic carbocycles. The summed E-state index contributed by atoms with van der Waals surface area (Å²) >= 11 is 16.6. The highest BCUT2D eigenvalue weighted by Crippen LogP contribution is 2.66. The molecule has 2 heterocycles. The van der Waals surface area contributed by atoms with Gasteiger partial charge in [0.25, 0.3) is 11.8 Å². The van der Waals surface area contributed by atoms with Crippen molar-refractivity contribution in [2.75, 3.05) is 16.9 Å². The van der Waals surface area contributed by atoms with Gasteiger partial charge in [0.1, 0.15) is 17.1 Å². The van der Waals surface area contributed by atoms with E-state index in [1.807, 2.05) is 22.6 Å². The number of aromatic carboxylic acids is 1. The number of rotatable bonds is 5. The molecule has 4 aliphatic rings. The van der Waals surface area contributed by atoms with Gasteiger partial charge in [0.2, 0.25) is 11.8 Å². The lowest BCUT2D eigenvalue weighted by Gasteiger charge is -2.50. The van der Waals surface area contributed by atoms with Crippen LogP contribution in [0, 0.1) is 27.1 Å². The van der Waals surface area contributed by atoms with Crippen molar-refractivity contribution in [1.82, 2.24) is 0 Å². The van der Waals surface area contributed by atoms with Gasteiger partial charge in [0.15, 0.2) is 21.2 Å². The normalized spacial score (nSPS) is 29.0. The molecular formula is C34H24Cl2FIN2O9. The monoisotopic (exact) mass is 820 g/mol. The average Bonchev–Trinajstić information content (AvgIpc) is 3.40. The molecule has 2 aliphatic carbocycles. The molecule has 3 aromatic rings. The fraction of sp³-hybridized carbons (Fsp3) is 0.265. The Morgan fingerprint density at radius 1 is 0.939 bits per heavy atom. The first-order valence-electron chi connectivity index (χ1n) is 14.9. The molecule has 3 N–H and O–H groups in total. The number of carbonyl (C=O) groups is 5. The Labute approximate surface area is 301 Å². The van der Waals surface area contributed by atoms with E-state index in [-0.39, 0.29) is 35.7 Å². The van der Waals surface area contributed by atoms with Crippen LogP contribution in [0.15, 0.2) is 66.2 Å². The minimum atomic E-state index is -2.19. The number of carboxylic acids is 1. The van der Waals surface area contributed by atoms with Gasteiger partial charge in [0.05, 0.1) is 33.9 Å². The zero-order valence-electron chi connectivity index (χ0n) is 25.2. The number of hydrogen-bond donors (Lipinski definition) is 3. The number of carbonyl (C=O) groups excluding carboxylic acids is 4. The highest BCUT2D eigenvalue weighted by molar-refractivity contribution is 14.1. The fourth-order valence-corrected chi connectivity index (χ4v) is 9.34. The van der Waals surface area contributed by atoms with E-state index in [1.165, 1.54) is 31.4 Å². The number of phenols is 2. The molecule has 0 spiro atoms. The number of aromatic hydroxyl groups is 2. The van der Waals surface area contributed by atoms with Crippen molar-refractivity contribution in [3.05, 3.63) is 86.8 Å². The summed E-state index contributed by atoms with van der Waals surface area (Å²) in [5, 5.41) is 30.3. The highest BCUT2D eigenvalue weighted by atomic mass is 127. The SMILES string of the molecule is COc1cc(C2C3=CCC4C(=O)N(c5ccc(C(=O)O)c(O)c5)C(=O)C4C3CC3(Cl)C(=O)N(c4ccc(F)cc4)C(=O)C23Cl)cc(I)c1O. The fourth-order valence-electron chi connectivity index (χ4n) is 7.78. The molecule has 6 unspecified atom stereocenters. The van der Waals surface area contributed by atoms with Crippen LogP contribution < -0.4 is 14.5 Å². The summed E-state index contributed by atoms with van der Waals surface area (Å²) in [6.45, 7) is 0. The number of halogens is 4. The van der Waals surface area contributed by atoms with Gasteiger partial charge >= 0.3 is 5.97 Å². The maximum absolute atomic E-state index is 14.5. The van der Waals surface area contributed by atoms with Gasteiger partial charge in [-0.3, -0.25) is 19.2 Å². The third-order valence-corrected chi connectivity index (χ3v) is 12.2. The van der Waals surface area contributed by atoms with Crippen LogP contribution in [-0.2, 0) is 19.2 Å². The lowest BCUT2D eigenvalue weighted by atomic mass is 9.56. The second-order valence-corrected chi connectivity index (χ2v) is 14.7. The van der Waals surface area contributed by atoms with Crippen LogP contribution in [0.5, 0.6) is 17.2 Å². The van der Waals surface area contributed by atoms with Crippen molar-refractivity contribution in [3.8, 4) is 17.2 Å². The zero-order chi connectivity index (χ0) is 35.3. The Kier molecular flexibility index (Phi) is 7.76. The number of nitrogens with zero attached hydrogens (tertiary/aromatic N) is 2. The van der Waals surface area contributed by atoms with Crippen molar-refractivity contribution >= 4 is 86.8 Å². The maximum atomic E-state index is 14.5. The minimum Gasteiger partial charge on any atom is -0.507 e. The molecule has 49 heavy (non-hydrogen) atoms. The van der Waals surface area contributed by atoms with Gasteiger partial charge in [-0.2, -0.15) is 0 Å². The molecule has 7 rings (SSSR count). The minimum absolute atomic E-state index is 0.0280. The Balaban J connectivity index is 1.40. The molecule has 1 saturated carbocycles. The number of amides is 4. The predicted molar refractivity (Wildman–Crippen MR) is 182 cm³/mol. The summed E-state index contributed by atoms with van der Waals surface area (Å²) in [6.07, 6.45) is 1.44. The molecule has 4 amide bonds. The van der Waals surface area contributed by atoms with Crippen molar-refractivity contribution in [1.29, 1.82) is 0 Å². The zero-order valence-corrected chi connectivity index (χ0v) is 28.9. The van der Waals surface area contributed by atoms with E-state index in [4.69, 9.17) is 27.9 Å². The number of carboxylic acid groups (broad SMARTS) is 1. The molecular weight excluding hydrogens is 797 g/mol. The summed E-state index contributed by atoms with van der Waals surface area (Å²) in [6, 6.07) is 11.0. The van der Waals surface area contributed by atoms with Crippen LogP contribution in [0.3, 0.4) is 0 Å². The predicted octanol–water partition coefficient (Wildman–Crippen LogP) is 5.32. The summed E-state index contributed by atoms with van der Waals surface area (Å²) in [5.41, 5.74) is 0.389. The van der Waals surface area contributed by atoms with Gasteiger partial charge in [-0.05, 0) is 95.4 Å². The summed E-state index contributed by atoms with van der Waals surface area (Å²) in [7, 11) is 1.34. The number of methoxy groups -OCH3 is 1. The molecule has 2 aliphatic heterocycles. The van der Waals surface area contributed by atoms with Gasteiger partial charge < -0.3 is 20.1 Å². The van der Waals surface area contributed by atoms with E-state index in [0.29, 0.717) is 14.7 Å². The van der Waals surface area contributed by atoms with Crippen LogP contribution in [0.4, 0.5) is 15.8 Å². The van der Waals surface area contributed by atoms with Gasteiger partial charge in [-0.25, -0.2) is 19.0 Å². The third-order valence-electron chi connectivity index (χ3n) is 9.97. The number of allylic oxidation sites excluding steroid dienone is 2. The lowest BCUT2D eigenvalue weighted by molar-refractivity contribution is -0.125. The van der Waals surface area contributed by atoms with Crippen LogP contribution >= 0.6 is 45.8 Å². The smallest absolute Gasteiger partial charge is 0.339 e. The molecule has 15 heteroatoms. The van der Waals surface area contributed by atoms with Crippen molar-refractivity contribution in [2.45, 2.75) is 28.5 Å². The van der Waals surface area contributed by atoms with Crippen molar-refractivity contribution in [2.24, 2.45) is 17.8 Å². The molecule has 0 radical (unpaired) electrons. The first-order chi connectivity index (χ1) is 23.1. The van der Waals surface area contributed by atoms with E-state index in [9.17, 15) is 43.7 Å². The van der Waals surface area contributed by atoms with Crippen molar-refractivity contribution < 1.29 is 48.4 Å². The Morgan fingerprint density at radius 2 is 1.61 bits per heavy atom. The Bertz CT molecular complexity index is 2060. The topological polar surface area (TPSA) is 162 Å². The van der Waals surface area contributed by atoms with Gasteiger partial charge in [0, 0.05) is 12.0 Å². The summed E-state index contributed by atoms with van der Waals surface area (Å²) in [4.78, 5) is 65.8. The van der Waals surface area contributed by atoms with E-state index in [0.717, 1.165) is 34.1 Å². The van der Waals surface area contributed by atoms with E-state index in [1.54, 1.807) is 12.1 Å². The molecule has 6 atom stereocenters. The number of alkyl halides is 2. The average molecular weight is 821 g/mol. The molecule has 2 saturated heterocycles. The summed E-state index contributed by atoms with van der Waals surface area (Å²) in [5.74, 6) is -9.88. The van der Waals surface area contributed by atoms with E-state index >= 15 is 0 Å². The number of imide groups is 2. The molecule has 0 aromatic heterocycles. The molecule has 0 bridgehead atoms. The highest BCUT2D eigenvalue weighted by Gasteiger charge is 2.76. The number of benzene rings is 3. The van der Waals surface area contributed by atoms with Crippen LogP contribution in [-0.4, -0.2) is 61.8 Å². The van der Waals surface area contributed by atoms with Crippen LogP contribution in [0.2, 0.25) is 0 Å². The van der Waals surface area contributed by atoms with Crippen LogP contribution in [0.1, 0.15) is 34.7 Å². The lowest BCUT2D eigenvalue weighted by Crippen LogP contribution is -2.60. The molecule has 252 valence electrons. The van der Waals surface area contributed by atoms with Gasteiger partial charge in [-0.15, -0.1) is 23.2 Å². The van der Waals surface area contributed by atoms with Crippen molar-refractivity contribution in [3.63, 3.8) is 0 Å². The van der Waals surface area contributed by atoms with E-state index < -0.39 is 80.1 Å². The quantitative estimate of drug-likeness (QED) is 0.134. The first kappa shape index (κ1) is 33.3. The Morgan fingerprint density at radius 3 is 2.24 bits per heavy atom. The number of fused-ring (bicyclic) bond motifs is 4. The third kappa shape index (κ3) is 4.54. The number of phenolic OH excluding ortho intramolecular Hbond substituents is 1. The largest absolute Gasteiger partial charge is 0.507 e. The van der Waals surface area contributed by atoms with Crippen LogP contribution in [0.25, 0.3) is 0 Å². The molecule has 3 fully saturated rings. The second kappa shape index (κ2) is 11.4. The first-order valence-corrected chi connectivity index (χ1v) is 16.7. The number of hydrogen-bond acceptors (Lipinski definition) is 8. The second-order valence-electron chi connectivity index (χ2n) is 12.3. The maximum Gasteiger partial charge on any atom is 0.339 e. The molecule has 11 nitrogen and oxygen atoms in total. The summed E-state index contributed by atoms with van der Waals surface area (Å²) < 4.78 is 19.6. The number of ether oxygens (including phenoxy) is 1. The number of anilines is 2. The standard InChI is InChI=1S/C34H24Cl2FIN2O9/c1-49-24-11-14(10-22(38)27(24)42)26-18-8-9-20-25(29(44)39(28(20)43)17-6-7-19(30(45)46)23(41)12-17)21(18)13-33(35)31(47)40(32(48)34(26,33)36)16-4-2-15(37)3-5-16/h2-8,10-12,20-21,25-26,41-42H,9,13H2,1H3,(H,45,46).